The van der Waals surface area contributed by atoms with Gasteiger partial charge in [0.2, 0.25) is 0 Å². The summed E-state index contributed by atoms with van der Waals surface area (Å²) in [5, 5.41) is 4.39. The van der Waals surface area contributed by atoms with Gasteiger partial charge in [-0.3, -0.25) is 0 Å². The molecule has 0 saturated heterocycles. The van der Waals surface area contributed by atoms with Crippen LogP contribution in [0.15, 0.2) is 53.3 Å². The average Bonchev–Trinajstić information content (AvgIpc) is 2.53. The van der Waals surface area contributed by atoms with E-state index < -0.39 is 0 Å². The van der Waals surface area contributed by atoms with Crippen LogP contribution < -0.4 is 10.1 Å². The van der Waals surface area contributed by atoms with Crippen LogP contribution in [0.5, 0.6) is 5.75 Å². The molecule has 106 valence electrons. The maximum atomic E-state index is 5.36. The van der Waals surface area contributed by atoms with Crippen molar-refractivity contribution in [3.63, 3.8) is 0 Å². The SMILES string of the molecule is COc1cccc2ccc(CNc3cccnc3Br)nc12. The number of fused-ring (bicyclic) bond motifs is 1. The zero-order chi connectivity index (χ0) is 14.7. The number of benzene rings is 1. The lowest BCUT2D eigenvalue weighted by Gasteiger charge is -2.09. The second-order valence-electron chi connectivity index (χ2n) is 4.53. The molecule has 0 spiro atoms. The first-order chi connectivity index (χ1) is 10.3. The summed E-state index contributed by atoms with van der Waals surface area (Å²) >= 11 is 3.42. The third kappa shape index (κ3) is 2.97. The highest BCUT2D eigenvalue weighted by Crippen LogP contribution is 2.24. The number of anilines is 1. The molecule has 2 aromatic heterocycles. The van der Waals surface area contributed by atoms with Crippen molar-refractivity contribution >= 4 is 32.5 Å². The molecule has 4 nitrogen and oxygen atoms in total. The van der Waals surface area contributed by atoms with E-state index in [2.05, 4.69) is 37.3 Å². The fraction of sp³-hybridized carbons (Fsp3) is 0.125. The molecular formula is C16H14BrN3O. The Morgan fingerprint density at radius 1 is 1.14 bits per heavy atom. The van der Waals surface area contributed by atoms with Crippen LogP contribution in [0.1, 0.15) is 5.69 Å². The molecule has 0 fully saturated rings. The van der Waals surface area contributed by atoms with Crippen molar-refractivity contribution in [1.29, 1.82) is 0 Å². The van der Waals surface area contributed by atoms with Crippen LogP contribution in [0.2, 0.25) is 0 Å². The van der Waals surface area contributed by atoms with Gasteiger partial charge in [-0.05, 0) is 40.2 Å². The Bertz CT molecular complexity index is 776. The number of para-hydroxylation sites is 1. The fourth-order valence-corrected chi connectivity index (χ4v) is 2.52. The predicted octanol–water partition coefficient (Wildman–Crippen LogP) is 4.01. The highest BCUT2D eigenvalue weighted by atomic mass is 79.9. The highest BCUT2D eigenvalue weighted by Gasteiger charge is 2.05. The summed E-state index contributed by atoms with van der Waals surface area (Å²) in [6.07, 6.45) is 1.74. The van der Waals surface area contributed by atoms with Crippen LogP contribution in [0.4, 0.5) is 5.69 Å². The summed E-state index contributed by atoms with van der Waals surface area (Å²) in [6, 6.07) is 13.8. The molecule has 1 N–H and O–H groups in total. The fourth-order valence-electron chi connectivity index (χ4n) is 2.13. The number of hydrogen-bond donors (Lipinski definition) is 1. The molecule has 0 atom stereocenters. The number of methoxy groups -OCH3 is 1. The average molecular weight is 344 g/mol. The van der Waals surface area contributed by atoms with E-state index in [9.17, 15) is 0 Å². The van der Waals surface area contributed by atoms with Gasteiger partial charge in [-0.15, -0.1) is 0 Å². The van der Waals surface area contributed by atoms with E-state index >= 15 is 0 Å². The van der Waals surface area contributed by atoms with Crippen molar-refractivity contribution in [3.05, 3.63) is 59.0 Å². The van der Waals surface area contributed by atoms with Gasteiger partial charge < -0.3 is 10.1 Å². The van der Waals surface area contributed by atoms with E-state index in [1.165, 1.54) is 0 Å². The number of aromatic nitrogens is 2. The molecule has 3 rings (SSSR count). The minimum absolute atomic E-state index is 0.623. The van der Waals surface area contributed by atoms with Gasteiger partial charge in [0, 0.05) is 11.6 Å². The van der Waals surface area contributed by atoms with Crippen molar-refractivity contribution in [2.75, 3.05) is 12.4 Å². The van der Waals surface area contributed by atoms with Crippen molar-refractivity contribution in [2.45, 2.75) is 6.54 Å². The third-order valence-corrected chi connectivity index (χ3v) is 3.81. The molecule has 0 bridgehead atoms. The van der Waals surface area contributed by atoms with E-state index in [0.717, 1.165) is 32.6 Å². The maximum absolute atomic E-state index is 5.36. The van der Waals surface area contributed by atoms with Crippen molar-refractivity contribution < 1.29 is 4.74 Å². The zero-order valence-corrected chi connectivity index (χ0v) is 13.1. The zero-order valence-electron chi connectivity index (χ0n) is 11.5. The largest absolute Gasteiger partial charge is 0.494 e. The summed E-state index contributed by atoms with van der Waals surface area (Å²) < 4.78 is 6.16. The van der Waals surface area contributed by atoms with Gasteiger partial charge in [0.25, 0.3) is 0 Å². The minimum atomic E-state index is 0.623. The molecule has 1 aromatic carbocycles. The summed E-state index contributed by atoms with van der Waals surface area (Å²) in [5.74, 6) is 0.789. The van der Waals surface area contributed by atoms with E-state index in [1.54, 1.807) is 13.3 Å². The number of hydrogen-bond acceptors (Lipinski definition) is 4. The Hall–Kier alpha value is -2.14. The summed E-state index contributed by atoms with van der Waals surface area (Å²) in [6.45, 7) is 0.623. The summed E-state index contributed by atoms with van der Waals surface area (Å²) in [7, 11) is 1.66. The standard InChI is InChI=1S/C16H14BrN3O/c1-21-14-6-2-4-11-7-8-12(20-15(11)14)10-19-13-5-3-9-18-16(13)17/h2-9,19H,10H2,1H3. The molecule has 21 heavy (non-hydrogen) atoms. The first-order valence-corrected chi connectivity index (χ1v) is 7.34. The van der Waals surface area contributed by atoms with Crippen LogP contribution in [-0.4, -0.2) is 17.1 Å². The second-order valence-corrected chi connectivity index (χ2v) is 5.28. The lowest BCUT2D eigenvalue weighted by molar-refractivity contribution is 0.419. The Morgan fingerprint density at radius 2 is 2.05 bits per heavy atom. The van der Waals surface area contributed by atoms with Crippen molar-refractivity contribution in [3.8, 4) is 5.75 Å². The lowest BCUT2D eigenvalue weighted by atomic mass is 10.2. The van der Waals surface area contributed by atoms with Crippen LogP contribution in [0, 0.1) is 0 Å². The quantitative estimate of drug-likeness (QED) is 0.727. The molecule has 0 unspecified atom stereocenters. The van der Waals surface area contributed by atoms with Crippen LogP contribution in [0.3, 0.4) is 0 Å². The van der Waals surface area contributed by atoms with Gasteiger partial charge in [0.05, 0.1) is 25.0 Å². The van der Waals surface area contributed by atoms with Crippen LogP contribution in [0.25, 0.3) is 10.9 Å². The Morgan fingerprint density at radius 3 is 2.86 bits per heavy atom. The monoisotopic (exact) mass is 343 g/mol. The second kappa shape index (κ2) is 6.10. The molecular weight excluding hydrogens is 330 g/mol. The number of rotatable bonds is 4. The molecule has 5 heteroatoms. The molecule has 0 radical (unpaired) electrons. The minimum Gasteiger partial charge on any atom is -0.494 e. The molecule has 0 aliphatic rings. The number of nitrogens with zero attached hydrogens (tertiary/aromatic N) is 2. The number of pyridine rings is 2. The van der Waals surface area contributed by atoms with Gasteiger partial charge in [-0.1, -0.05) is 18.2 Å². The van der Waals surface area contributed by atoms with E-state index in [-0.39, 0.29) is 0 Å². The predicted molar refractivity (Wildman–Crippen MR) is 87.6 cm³/mol. The van der Waals surface area contributed by atoms with Gasteiger partial charge >= 0.3 is 0 Å². The number of halogens is 1. The Balaban J connectivity index is 1.86. The molecule has 0 aliphatic carbocycles. The maximum Gasteiger partial charge on any atom is 0.145 e. The summed E-state index contributed by atoms with van der Waals surface area (Å²) in [5.41, 5.74) is 2.77. The van der Waals surface area contributed by atoms with Crippen molar-refractivity contribution in [1.82, 2.24) is 9.97 Å². The Labute approximate surface area is 131 Å². The molecule has 2 heterocycles. The van der Waals surface area contributed by atoms with E-state index in [1.807, 2.05) is 36.4 Å². The smallest absolute Gasteiger partial charge is 0.145 e. The van der Waals surface area contributed by atoms with E-state index in [4.69, 9.17) is 4.74 Å². The van der Waals surface area contributed by atoms with Crippen LogP contribution >= 0.6 is 15.9 Å². The highest BCUT2D eigenvalue weighted by molar-refractivity contribution is 9.10. The summed E-state index contributed by atoms with van der Waals surface area (Å²) in [4.78, 5) is 8.85. The topological polar surface area (TPSA) is 47.0 Å². The van der Waals surface area contributed by atoms with Gasteiger partial charge in [-0.25, -0.2) is 9.97 Å². The lowest BCUT2D eigenvalue weighted by Crippen LogP contribution is -2.03. The van der Waals surface area contributed by atoms with Gasteiger partial charge in [-0.2, -0.15) is 0 Å². The van der Waals surface area contributed by atoms with Gasteiger partial charge in [0.15, 0.2) is 0 Å². The molecule has 0 amide bonds. The first-order valence-electron chi connectivity index (χ1n) is 6.55. The molecule has 0 saturated carbocycles. The first kappa shape index (κ1) is 13.8. The van der Waals surface area contributed by atoms with Gasteiger partial charge in [0.1, 0.15) is 15.9 Å². The number of ether oxygens (including phenoxy) is 1. The Kier molecular flexibility index (Phi) is 4.01. The van der Waals surface area contributed by atoms with Crippen LogP contribution in [-0.2, 0) is 6.54 Å². The number of nitrogens with one attached hydrogen (secondary N) is 1. The molecule has 3 aromatic rings. The molecule has 0 aliphatic heterocycles. The van der Waals surface area contributed by atoms with E-state index in [0.29, 0.717) is 6.54 Å². The van der Waals surface area contributed by atoms with Crippen molar-refractivity contribution in [2.24, 2.45) is 0 Å². The normalized spacial score (nSPS) is 10.6. The third-order valence-electron chi connectivity index (χ3n) is 3.18.